The van der Waals surface area contributed by atoms with Gasteiger partial charge < -0.3 is 26.0 Å². The summed E-state index contributed by atoms with van der Waals surface area (Å²) in [5.41, 5.74) is 2.96. The van der Waals surface area contributed by atoms with Crippen molar-refractivity contribution in [2.24, 2.45) is 17.6 Å². The van der Waals surface area contributed by atoms with E-state index in [4.69, 9.17) is 10.5 Å². The molecule has 0 radical (unpaired) electrons. The lowest BCUT2D eigenvalue weighted by Gasteiger charge is -2.39. The number of ether oxygens (including phenoxy) is 1. The summed E-state index contributed by atoms with van der Waals surface area (Å²) in [7, 11) is 3.09. The van der Waals surface area contributed by atoms with Crippen LogP contribution in [0.3, 0.4) is 0 Å². The molecule has 0 saturated heterocycles. The van der Waals surface area contributed by atoms with E-state index in [0.29, 0.717) is 19.0 Å². The van der Waals surface area contributed by atoms with Crippen molar-refractivity contribution in [1.29, 1.82) is 0 Å². The van der Waals surface area contributed by atoms with Gasteiger partial charge in [-0.15, -0.1) is 0 Å². The summed E-state index contributed by atoms with van der Waals surface area (Å²) in [6.07, 6.45) is 1.53. The lowest BCUT2D eigenvalue weighted by molar-refractivity contribution is -0.174. The van der Waals surface area contributed by atoms with Gasteiger partial charge in [0, 0.05) is 7.05 Å². The van der Waals surface area contributed by atoms with Crippen molar-refractivity contribution in [3.05, 3.63) is 0 Å². The lowest BCUT2D eigenvalue weighted by Crippen LogP contribution is -2.63. The molecule has 2 amide bonds. The van der Waals surface area contributed by atoms with Crippen LogP contribution in [-0.4, -0.2) is 66.9 Å². The van der Waals surface area contributed by atoms with Gasteiger partial charge in [0.1, 0.15) is 11.8 Å². The number of nitrogens with zero attached hydrogens (tertiary/aromatic N) is 1. The van der Waals surface area contributed by atoms with Gasteiger partial charge >= 0.3 is 0 Å². The van der Waals surface area contributed by atoms with Crippen LogP contribution in [0.4, 0.5) is 0 Å². The Labute approximate surface area is 180 Å². The summed E-state index contributed by atoms with van der Waals surface area (Å²) in [6, 6.07) is -0.494. The third kappa shape index (κ3) is 7.77. The summed E-state index contributed by atoms with van der Waals surface area (Å²) in [4.78, 5) is 50.4. The van der Waals surface area contributed by atoms with Crippen LogP contribution >= 0.6 is 0 Å². The van der Waals surface area contributed by atoms with E-state index in [1.54, 1.807) is 20.9 Å². The number of nitrogens with two attached hydrogens (primary N) is 1. The Bertz CT molecular complexity index is 598. The van der Waals surface area contributed by atoms with Crippen molar-refractivity contribution in [2.75, 3.05) is 14.1 Å². The minimum absolute atomic E-state index is 0.0745. The number of carbonyl (C=O) groups excluding carboxylic acids is 4. The smallest absolute Gasteiger partial charge is 0.253 e. The molecule has 0 aliphatic rings. The van der Waals surface area contributed by atoms with Gasteiger partial charge in [-0.05, 0) is 38.6 Å². The molecule has 0 saturated carbocycles. The molecule has 9 heteroatoms. The fourth-order valence-electron chi connectivity index (χ4n) is 3.16. The predicted molar refractivity (Wildman–Crippen MR) is 115 cm³/mol. The third-order valence-electron chi connectivity index (χ3n) is 4.95. The summed E-state index contributed by atoms with van der Waals surface area (Å²) in [5, 5.41) is 5.48. The van der Waals surface area contributed by atoms with Crippen molar-refractivity contribution in [1.82, 2.24) is 15.5 Å². The first-order chi connectivity index (χ1) is 13.8. The van der Waals surface area contributed by atoms with Crippen molar-refractivity contribution < 1.29 is 23.9 Å². The Hall–Kier alpha value is -1.84. The predicted octanol–water partition coefficient (Wildman–Crippen LogP) is 0.805. The summed E-state index contributed by atoms with van der Waals surface area (Å²) in [6.45, 7) is 10.6. The first-order valence-electron chi connectivity index (χ1n) is 10.5. The Morgan fingerprint density at radius 1 is 1.17 bits per heavy atom. The van der Waals surface area contributed by atoms with E-state index in [0.717, 1.165) is 11.3 Å². The van der Waals surface area contributed by atoms with Crippen molar-refractivity contribution >= 4 is 24.4 Å². The van der Waals surface area contributed by atoms with E-state index in [1.165, 1.54) is 14.0 Å². The normalized spacial score (nSPS) is 17.6. The molecule has 0 fully saturated rings. The fourth-order valence-corrected chi connectivity index (χ4v) is 3.16. The van der Waals surface area contributed by atoms with E-state index < -0.39 is 35.3 Å². The van der Waals surface area contributed by atoms with E-state index in [1.807, 2.05) is 20.8 Å². The average Bonchev–Trinajstić information content (AvgIpc) is 2.68. The summed E-state index contributed by atoms with van der Waals surface area (Å²) < 4.78 is 5.83. The van der Waals surface area contributed by atoms with E-state index in [9.17, 15) is 19.2 Å². The van der Waals surface area contributed by atoms with Gasteiger partial charge in [-0.3, -0.25) is 19.2 Å². The van der Waals surface area contributed by atoms with E-state index in [2.05, 4.69) is 10.6 Å². The lowest BCUT2D eigenvalue weighted by atomic mass is 9.96. The average molecular weight is 429 g/mol. The Morgan fingerprint density at radius 2 is 1.73 bits per heavy atom. The molecule has 0 aliphatic carbocycles. The molecule has 4 N–H and O–H groups in total. The quantitative estimate of drug-likeness (QED) is 0.275. The number of hydrogen-bond acceptors (Lipinski definition) is 7. The Balaban J connectivity index is 5.67. The molecule has 0 spiro atoms. The topological polar surface area (TPSA) is 131 Å². The SMILES string of the molecule is CCCC(NC)C(=O)NC(C)(C=O)OC(C(=O)N(C)C(N)(C=O)CC(C)C)C(C)C. The summed E-state index contributed by atoms with van der Waals surface area (Å²) in [5.74, 6) is -1.22. The van der Waals surface area contributed by atoms with Gasteiger partial charge in [0.15, 0.2) is 18.3 Å². The molecule has 0 bridgehead atoms. The number of rotatable bonds is 14. The van der Waals surface area contributed by atoms with Crippen molar-refractivity contribution in [3.63, 3.8) is 0 Å². The third-order valence-corrected chi connectivity index (χ3v) is 4.95. The van der Waals surface area contributed by atoms with Crippen LogP contribution in [-0.2, 0) is 23.9 Å². The zero-order chi connectivity index (χ0) is 23.7. The van der Waals surface area contributed by atoms with Crippen LogP contribution in [0.15, 0.2) is 0 Å². The van der Waals surface area contributed by atoms with Crippen LogP contribution in [0, 0.1) is 11.8 Å². The molecular weight excluding hydrogens is 388 g/mol. The minimum Gasteiger partial charge on any atom is -0.336 e. The van der Waals surface area contributed by atoms with Crippen LogP contribution in [0.2, 0.25) is 0 Å². The molecular formula is C21H40N4O5. The maximum absolute atomic E-state index is 13.2. The minimum atomic E-state index is -1.72. The highest BCUT2D eigenvalue weighted by Crippen LogP contribution is 2.22. The fraction of sp³-hybridized carbons (Fsp3) is 0.810. The van der Waals surface area contributed by atoms with Crippen LogP contribution in [0.1, 0.15) is 60.8 Å². The molecule has 0 aromatic rings. The first-order valence-corrected chi connectivity index (χ1v) is 10.5. The molecule has 0 aromatic carbocycles. The molecule has 0 heterocycles. The van der Waals surface area contributed by atoms with Gasteiger partial charge in [0.05, 0.1) is 6.04 Å². The molecule has 0 rings (SSSR count). The van der Waals surface area contributed by atoms with Gasteiger partial charge in [0.2, 0.25) is 5.91 Å². The molecule has 4 unspecified atom stereocenters. The molecule has 9 nitrogen and oxygen atoms in total. The van der Waals surface area contributed by atoms with Gasteiger partial charge in [-0.1, -0.05) is 41.0 Å². The van der Waals surface area contributed by atoms with E-state index >= 15 is 0 Å². The Morgan fingerprint density at radius 3 is 2.10 bits per heavy atom. The maximum Gasteiger partial charge on any atom is 0.253 e. The molecule has 4 atom stereocenters. The van der Waals surface area contributed by atoms with E-state index in [-0.39, 0.29) is 18.3 Å². The molecule has 0 aromatic heterocycles. The number of likely N-dealkylation sites (N-methyl/N-ethyl adjacent to an activating group) is 2. The highest BCUT2D eigenvalue weighted by Gasteiger charge is 2.42. The zero-order valence-corrected chi connectivity index (χ0v) is 19.7. The highest BCUT2D eigenvalue weighted by molar-refractivity contribution is 5.87. The van der Waals surface area contributed by atoms with Crippen molar-refractivity contribution in [3.8, 4) is 0 Å². The number of amides is 2. The number of hydrogen-bond donors (Lipinski definition) is 3. The van der Waals surface area contributed by atoms with Gasteiger partial charge in [-0.2, -0.15) is 0 Å². The molecule has 0 aliphatic heterocycles. The monoisotopic (exact) mass is 428 g/mol. The van der Waals surface area contributed by atoms with Crippen LogP contribution in [0.25, 0.3) is 0 Å². The highest BCUT2D eigenvalue weighted by atomic mass is 16.5. The molecule has 30 heavy (non-hydrogen) atoms. The number of aldehydes is 2. The maximum atomic E-state index is 13.2. The van der Waals surface area contributed by atoms with Crippen LogP contribution < -0.4 is 16.4 Å². The first kappa shape index (κ1) is 28.2. The van der Waals surface area contributed by atoms with Gasteiger partial charge in [-0.25, -0.2) is 0 Å². The molecule has 174 valence electrons. The standard InChI is InChI=1S/C21H40N4O5/c1-9-10-16(23-7)18(28)24-20(6,12-26)30-17(15(4)5)19(29)25(8)21(22,13-27)11-14(2)3/h12-17,23H,9-11,22H2,1-8H3,(H,24,28). The zero-order valence-electron chi connectivity index (χ0n) is 19.7. The second-order valence-electron chi connectivity index (χ2n) is 8.73. The summed E-state index contributed by atoms with van der Waals surface area (Å²) >= 11 is 0. The second kappa shape index (κ2) is 12.1. The second-order valence-corrected chi connectivity index (χ2v) is 8.73. The van der Waals surface area contributed by atoms with Crippen LogP contribution in [0.5, 0.6) is 0 Å². The Kier molecular flexibility index (Phi) is 11.4. The largest absolute Gasteiger partial charge is 0.336 e. The number of nitrogens with one attached hydrogen (secondary N) is 2. The number of carbonyl (C=O) groups is 4. The van der Waals surface area contributed by atoms with Crippen molar-refractivity contribution in [2.45, 2.75) is 84.3 Å². The van der Waals surface area contributed by atoms with Gasteiger partial charge in [0.25, 0.3) is 5.91 Å².